The first-order chi connectivity index (χ1) is 13.0. The third-order valence-electron chi connectivity index (χ3n) is 4.05. The SMILES string of the molecule is Cc1sc(-c2ccco2)nc1C(=O)N(CCCC(=O)O)Cc1ccccc1. The number of thiazole rings is 1. The summed E-state index contributed by atoms with van der Waals surface area (Å²) in [7, 11) is 0. The molecule has 0 saturated carbocycles. The van der Waals surface area contributed by atoms with Crippen LogP contribution in [0, 0.1) is 6.92 Å². The molecular weight excluding hydrogens is 364 g/mol. The topological polar surface area (TPSA) is 83.6 Å². The molecule has 1 amide bonds. The summed E-state index contributed by atoms with van der Waals surface area (Å²) in [6.07, 6.45) is 1.98. The Labute approximate surface area is 161 Å². The molecule has 1 N–H and O–H groups in total. The van der Waals surface area contributed by atoms with E-state index < -0.39 is 5.97 Å². The maximum absolute atomic E-state index is 13.1. The quantitative estimate of drug-likeness (QED) is 0.629. The number of rotatable bonds is 8. The average Bonchev–Trinajstić information content (AvgIpc) is 3.30. The Balaban J connectivity index is 1.82. The van der Waals surface area contributed by atoms with E-state index in [2.05, 4.69) is 4.98 Å². The van der Waals surface area contributed by atoms with Gasteiger partial charge in [0, 0.05) is 24.4 Å². The van der Waals surface area contributed by atoms with Gasteiger partial charge < -0.3 is 14.4 Å². The summed E-state index contributed by atoms with van der Waals surface area (Å²) in [5.41, 5.74) is 1.37. The minimum Gasteiger partial charge on any atom is -0.481 e. The molecule has 3 aromatic rings. The Morgan fingerprint density at radius 2 is 1.96 bits per heavy atom. The van der Waals surface area contributed by atoms with E-state index in [1.807, 2.05) is 37.3 Å². The molecule has 6 nitrogen and oxygen atoms in total. The molecule has 0 unspecified atom stereocenters. The summed E-state index contributed by atoms with van der Waals surface area (Å²) in [5.74, 6) is -0.439. The van der Waals surface area contributed by atoms with Crippen LogP contribution in [0.5, 0.6) is 0 Å². The molecule has 3 rings (SSSR count). The van der Waals surface area contributed by atoms with Crippen LogP contribution in [0.25, 0.3) is 10.8 Å². The fourth-order valence-corrected chi connectivity index (χ4v) is 3.60. The number of carboxylic acids is 1. The van der Waals surface area contributed by atoms with Gasteiger partial charge >= 0.3 is 5.97 Å². The standard InChI is InChI=1S/C20H20N2O4S/c1-14-18(21-19(27-14)16-9-6-12-26-16)20(25)22(11-5-10-17(23)24)13-15-7-3-2-4-8-15/h2-4,6-9,12H,5,10-11,13H2,1H3,(H,23,24). The molecular formula is C20H20N2O4S. The van der Waals surface area contributed by atoms with Crippen molar-refractivity contribution in [3.8, 4) is 10.8 Å². The first-order valence-electron chi connectivity index (χ1n) is 8.61. The third kappa shape index (κ3) is 4.83. The lowest BCUT2D eigenvalue weighted by molar-refractivity contribution is -0.137. The number of aryl methyl sites for hydroxylation is 1. The number of furan rings is 1. The fraction of sp³-hybridized carbons (Fsp3) is 0.250. The predicted molar refractivity (Wildman–Crippen MR) is 103 cm³/mol. The van der Waals surface area contributed by atoms with E-state index in [4.69, 9.17) is 9.52 Å². The van der Waals surface area contributed by atoms with Gasteiger partial charge in [0.25, 0.3) is 5.91 Å². The Bertz CT molecular complexity index is 903. The van der Waals surface area contributed by atoms with Gasteiger partial charge in [-0.1, -0.05) is 30.3 Å². The van der Waals surface area contributed by atoms with Crippen molar-refractivity contribution in [2.24, 2.45) is 0 Å². The van der Waals surface area contributed by atoms with Crippen LogP contribution in [0.15, 0.2) is 53.1 Å². The number of benzene rings is 1. The molecule has 0 saturated heterocycles. The molecule has 2 heterocycles. The van der Waals surface area contributed by atoms with Gasteiger partial charge in [0.05, 0.1) is 6.26 Å². The van der Waals surface area contributed by atoms with Crippen molar-refractivity contribution in [1.82, 2.24) is 9.88 Å². The van der Waals surface area contributed by atoms with Crippen LogP contribution in [0.4, 0.5) is 0 Å². The average molecular weight is 384 g/mol. The van der Waals surface area contributed by atoms with Crippen LogP contribution in [-0.2, 0) is 11.3 Å². The van der Waals surface area contributed by atoms with Gasteiger partial charge in [-0.15, -0.1) is 11.3 Å². The Hall–Kier alpha value is -2.93. The normalized spacial score (nSPS) is 10.7. The van der Waals surface area contributed by atoms with Crippen molar-refractivity contribution in [3.63, 3.8) is 0 Å². The van der Waals surface area contributed by atoms with Crippen molar-refractivity contribution in [3.05, 3.63) is 64.9 Å². The summed E-state index contributed by atoms with van der Waals surface area (Å²) in [6.45, 7) is 2.62. The Kier molecular flexibility index (Phi) is 6.03. The second-order valence-electron chi connectivity index (χ2n) is 6.11. The molecule has 0 aliphatic rings. The van der Waals surface area contributed by atoms with Crippen LogP contribution in [0.3, 0.4) is 0 Å². The zero-order valence-electron chi connectivity index (χ0n) is 14.9. The Morgan fingerprint density at radius 1 is 1.19 bits per heavy atom. The molecule has 0 fully saturated rings. The van der Waals surface area contributed by atoms with Crippen molar-refractivity contribution in [1.29, 1.82) is 0 Å². The minimum absolute atomic E-state index is 0.0201. The number of nitrogens with zero attached hydrogens (tertiary/aromatic N) is 2. The van der Waals surface area contributed by atoms with E-state index in [9.17, 15) is 9.59 Å². The lowest BCUT2D eigenvalue weighted by atomic mass is 10.2. The number of aliphatic carboxylic acids is 1. The van der Waals surface area contributed by atoms with Gasteiger partial charge in [-0.3, -0.25) is 9.59 Å². The van der Waals surface area contributed by atoms with Gasteiger partial charge in [-0.05, 0) is 31.0 Å². The van der Waals surface area contributed by atoms with Crippen molar-refractivity contribution in [2.45, 2.75) is 26.3 Å². The van der Waals surface area contributed by atoms with Crippen LogP contribution in [0.2, 0.25) is 0 Å². The smallest absolute Gasteiger partial charge is 0.303 e. The number of hydrogen-bond donors (Lipinski definition) is 1. The van der Waals surface area contributed by atoms with Gasteiger partial charge in [-0.25, -0.2) is 4.98 Å². The maximum atomic E-state index is 13.1. The number of carbonyl (C=O) groups excluding carboxylic acids is 1. The summed E-state index contributed by atoms with van der Waals surface area (Å²) >= 11 is 1.41. The van der Waals surface area contributed by atoms with E-state index in [-0.39, 0.29) is 12.3 Å². The first-order valence-corrected chi connectivity index (χ1v) is 9.42. The molecule has 27 heavy (non-hydrogen) atoms. The summed E-state index contributed by atoms with van der Waals surface area (Å²) in [4.78, 5) is 30.9. The highest BCUT2D eigenvalue weighted by atomic mass is 32.1. The van der Waals surface area contributed by atoms with Gasteiger partial charge in [0.1, 0.15) is 5.69 Å². The van der Waals surface area contributed by atoms with Crippen molar-refractivity contribution < 1.29 is 19.1 Å². The zero-order valence-corrected chi connectivity index (χ0v) is 15.7. The van der Waals surface area contributed by atoms with Crippen LogP contribution in [-0.4, -0.2) is 33.4 Å². The van der Waals surface area contributed by atoms with E-state index in [0.29, 0.717) is 36.0 Å². The highest BCUT2D eigenvalue weighted by Crippen LogP contribution is 2.28. The molecule has 0 radical (unpaired) electrons. The van der Waals surface area contributed by atoms with Crippen molar-refractivity contribution in [2.75, 3.05) is 6.54 Å². The van der Waals surface area contributed by atoms with Crippen LogP contribution >= 0.6 is 11.3 Å². The minimum atomic E-state index is -0.868. The molecule has 2 aromatic heterocycles. The molecule has 7 heteroatoms. The third-order valence-corrected chi connectivity index (χ3v) is 5.04. The van der Waals surface area contributed by atoms with Gasteiger partial charge in [0.15, 0.2) is 10.8 Å². The Morgan fingerprint density at radius 3 is 2.63 bits per heavy atom. The number of carbonyl (C=O) groups is 2. The maximum Gasteiger partial charge on any atom is 0.303 e. The fourth-order valence-electron chi connectivity index (χ4n) is 2.73. The second kappa shape index (κ2) is 8.64. The highest BCUT2D eigenvalue weighted by Gasteiger charge is 2.23. The van der Waals surface area contributed by atoms with Crippen LogP contribution < -0.4 is 0 Å². The molecule has 0 aliphatic heterocycles. The predicted octanol–water partition coefficient (Wildman–Crippen LogP) is 4.22. The summed E-state index contributed by atoms with van der Waals surface area (Å²) < 4.78 is 5.37. The van der Waals surface area contributed by atoms with Gasteiger partial charge in [0.2, 0.25) is 0 Å². The summed E-state index contributed by atoms with van der Waals surface area (Å²) in [6, 6.07) is 13.2. The van der Waals surface area contributed by atoms with E-state index >= 15 is 0 Å². The molecule has 0 aliphatic carbocycles. The monoisotopic (exact) mass is 384 g/mol. The second-order valence-corrected chi connectivity index (χ2v) is 7.31. The number of carboxylic acid groups (broad SMARTS) is 1. The van der Waals surface area contributed by atoms with Crippen LogP contribution in [0.1, 0.15) is 33.8 Å². The lowest BCUT2D eigenvalue weighted by Gasteiger charge is -2.22. The zero-order chi connectivity index (χ0) is 19.2. The summed E-state index contributed by atoms with van der Waals surface area (Å²) in [5, 5.41) is 9.56. The number of hydrogen-bond acceptors (Lipinski definition) is 5. The molecule has 1 aromatic carbocycles. The lowest BCUT2D eigenvalue weighted by Crippen LogP contribution is -2.32. The first kappa shape index (κ1) is 18.8. The molecule has 0 spiro atoms. The molecule has 140 valence electrons. The molecule has 0 bridgehead atoms. The van der Waals surface area contributed by atoms with E-state index in [0.717, 1.165) is 10.4 Å². The number of aromatic nitrogens is 1. The van der Waals surface area contributed by atoms with E-state index in [1.165, 1.54) is 11.3 Å². The van der Waals surface area contributed by atoms with Gasteiger partial charge in [-0.2, -0.15) is 0 Å². The van der Waals surface area contributed by atoms with E-state index in [1.54, 1.807) is 23.3 Å². The molecule has 0 atom stereocenters. The number of amides is 1. The van der Waals surface area contributed by atoms with Crippen molar-refractivity contribution >= 4 is 23.2 Å². The highest BCUT2D eigenvalue weighted by molar-refractivity contribution is 7.15. The largest absolute Gasteiger partial charge is 0.481 e.